The van der Waals surface area contributed by atoms with E-state index in [1.54, 1.807) is 36.5 Å². The van der Waals surface area contributed by atoms with E-state index in [-0.39, 0.29) is 0 Å². The fraction of sp³-hybridized carbons (Fsp3) is 0.154. The number of benzene rings is 1. The normalized spacial score (nSPS) is 11.3. The van der Waals surface area contributed by atoms with Crippen molar-refractivity contribution in [2.45, 2.75) is 11.4 Å². The predicted molar refractivity (Wildman–Crippen MR) is 76.1 cm³/mol. The molecular weight excluding hydrogens is 284 g/mol. The molecule has 0 radical (unpaired) electrons. The van der Waals surface area contributed by atoms with Crippen LogP contribution in [0.15, 0.2) is 47.5 Å². The first kappa shape index (κ1) is 13.8. The molecule has 0 saturated heterocycles. The number of pyridine rings is 1. The van der Waals surface area contributed by atoms with Crippen molar-refractivity contribution in [2.75, 3.05) is 11.6 Å². The van der Waals surface area contributed by atoms with Crippen LogP contribution in [0.3, 0.4) is 0 Å². The Bertz CT molecular complexity index is 669. The molecule has 1 heterocycles. The third kappa shape index (κ3) is 3.94. The van der Waals surface area contributed by atoms with Crippen LogP contribution < -0.4 is 5.32 Å². The number of hydrogen-bond donors (Lipinski definition) is 1. The second-order valence-electron chi connectivity index (χ2n) is 4.14. The Morgan fingerprint density at radius 2 is 1.89 bits per heavy atom. The van der Waals surface area contributed by atoms with E-state index in [4.69, 9.17) is 11.6 Å². The highest BCUT2D eigenvalue weighted by atomic mass is 35.5. The van der Waals surface area contributed by atoms with Crippen molar-refractivity contribution in [3.05, 3.63) is 53.3 Å². The van der Waals surface area contributed by atoms with Crippen molar-refractivity contribution in [1.82, 2.24) is 4.98 Å². The maximum Gasteiger partial charge on any atom is 0.175 e. The molecule has 0 aliphatic carbocycles. The fourth-order valence-electron chi connectivity index (χ4n) is 1.57. The van der Waals surface area contributed by atoms with Crippen molar-refractivity contribution >= 4 is 27.1 Å². The van der Waals surface area contributed by atoms with Crippen LogP contribution >= 0.6 is 11.6 Å². The topological polar surface area (TPSA) is 59.1 Å². The summed E-state index contributed by atoms with van der Waals surface area (Å²) in [6.07, 6.45) is 2.82. The zero-order valence-corrected chi connectivity index (χ0v) is 11.9. The standard InChI is InChI=1S/C13H13ClN2O2S/c1-19(17,18)12-4-2-10(3-5-12)9-16-11-6-7-15-13(14)8-11/h2-8H,9H2,1H3,(H,15,16). The van der Waals surface area contributed by atoms with Gasteiger partial charge in [-0.05, 0) is 29.8 Å². The second kappa shape index (κ2) is 5.59. The Labute approximate surface area is 117 Å². The number of anilines is 1. The van der Waals surface area contributed by atoms with Gasteiger partial charge in [0.15, 0.2) is 9.84 Å². The van der Waals surface area contributed by atoms with Crippen LogP contribution in [0.2, 0.25) is 5.15 Å². The summed E-state index contributed by atoms with van der Waals surface area (Å²) in [6.45, 7) is 0.588. The highest BCUT2D eigenvalue weighted by Crippen LogP contribution is 2.14. The van der Waals surface area contributed by atoms with E-state index in [9.17, 15) is 8.42 Å². The Kier molecular flexibility index (Phi) is 4.07. The first-order valence-electron chi connectivity index (χ1n) is 5.59. The van der Waals surface area contributed by atoms with Gasteiger partial charge in [0.1, 0.15) is 5.15 Å². The van der Waals surface area contributed by atoms with Gasteiger partial charge in [-0.2, -0.15) is 0 Å². The molecule has 0 bridgehead atoms. The van der Waals surface area contributed by atoms with Crippen molar-refractivity contribution in [1.29, 1.82) is 0 Å². The minimum absolute atomic E-state index is 0.322. The average molecular weight is 297 g/mol. The highest BCUT2D eigenvalue weighted by molar-refractivity contribution is 7.90. The molecule has 0 unspecified atom stereocenters. The minimum atomic E-state index is -3.14. The molecular formula is C13H13ClN2O2S. The number of nitrogens with one attached hydrogen (secondary N) is 1. The molecule has 2 rings (SSSR count). The van der Waals surface area contributed by atoms with Crippen LogP contribution in [0.4, 0.5) is 5.69 Å². The van der Waals surface area contributed by atoms with Gasteiger partial charge in [-0.15, -0.1) is 0 Å². The van der Waals surface area contributed by atoms with Gasteiger partial charge in [-0.25, -0.2) is 13.4 Å². The van der Waals surface area contributed by atoms with Gasteiger partial charge in [0.2, 0.25) is 0 Å². The molecule has 0 amide bonds. The minimum Gasteiger partial charge on any atom is -0.381 e. The van der Waals surface area contributed by atoms with Crippen LogP contribution in [-0.4, -0.2) is 19.7 Å². The molecule has 1 aromatic heterocycles. The van der Waals surface area contributed by atoms with Crippen LogP contribution in [0.25, 0.3) is 0 Å². The highest BCUT2D eigenvalue weighted by Gasteiger charge is 2.05. The molecule has 0 fully saturated rings. The van der Waals surface area contributed by atoms with E-state index in [0.717, 1.165) is 11.3 Å². The first-order valence-corrected chi connectivity index (χ1v) is 7.86. The number of nitrogens with zero attached hydrogens (tertiary/aromatic N) is 1. The molecule has 6 heteroatoms. The smallest absolute Gasteiger partial charge is 0.175 e. The van der Waals surface area contributed by atoms with E-state index in [1.165, 1.54) is 6.26 Å². The maximum atomic E-state index is 11.3. The van der Waals surface area contributed by atoms with E-state index < -0.39 is 9.84 Å². The molecule has 1 N–H and O–H groups in total. The summed E-state index contributed by atoms with van der Waals surface area (Å²) in [5.41, 5.74) is 1.85. The summed E-state index contributed by atoms with van der Waals surface area (Å²) in [6, 6.07) is 10.3. The van der Waals surface area contributed by atoms with Gasteiger partial charge < -0.3 is 5.32 Å². The monoisotopic (exact) mass is 296 g/mol. The maximum absolute atomic E-state index is 11.3. The van der Waals surface area contributed by atoms with Crippen molar-refractivity contribution in [2.24, 2.45) is 0 Å². The van der Waals surface area contributed by atoms with Crippen molar-refractivity contribution in [3.8, 4) is 0 Å². The number of rotatable bonds is 4. The predicted octanol–water partition coefficient (Wildman–Crippen LogP) is 2.75. The summed E-state index contributed by atoms with van der Waals surface area (Å²) in [5.74, 6) is 0. The average Bonchev–Trinajstić information content (AvgIpc) is 2.36. The Hall–Kier alpha value is -1.59. The van der Waals surface area contributed by atoms with E-state index >= 15 is 0 Å². The van der Waals surface area contributed by atoms with Gasteiger partial charge in [-0.3, -0.25) is 0 Å². The zero-order valence-electron chi connectivity index (χ0n) is 10.3. The number of halogens is 1. The number of sulfone groups is 1. The van der Waals surface area contributed by atoms with E-state index in [2.05, 4.69) is 10.3 Å². The van der Waals surface area contributed by atoms with Crippen LogP contribution in [-0.2, 0) is 16.4 Å². The molecule has 0 atom stereocenters. The molecule has 2 aromatic rings. The Morgan fingerprint density at radius 1 is 1.21 bits per heavy atom. The Morgan fingerprint density at radius 3 is 2.47 bits per heavy atom. The van der Waals surface area contributed by atoms with Gasteiger partial charge in [0.05, 0.1) is 4.90 Å². The van der Waals surface area contributed by atoms with E-state index in [1.807, 2.05) is 6.07 Å². The third-order valence-corrected chi connectivity index (χ3v) is 3.91. The lowest BCUT2D eigenvalue weighted by Gasteiger charge is -2.07. The molecule has 0 spiro atoms. The summed E-state index contributed by atoms with van der Waals surface area (Å²) in [5, 5.41) is 3.61. The molecule has 1 aromatic carbocycles. The van der Waals surface area contributed by atoms with Crippen molar-refractivity contribution in [3.63, 3.8) is 0 Å². The first-order chi connectivity index (χ1) is 8.95. The van der Waals surface area contributed by atoms with Crippen molar-refractivity contribution < 1.29 is 8.42 Å². The van der Waals surface area contributed by atoms with Crippen LogP contribution in [0.5, 0.6) is 0 Å². The molecule has 0 aliphatic rings. The summed E-state index contributed by atoms with van der Waals surface area (Å²) < 4.78 is 22.6. The molecule has 4 nitrogen and oxygen atoms in total. The van der Waals surface area contributed by atoms with Crippen LogP contribution in [0, 0.1) is 0 Å². The van der Waals surface area contributed by atoms with E-state index in [0.29, 0.717) is 16.6 Å². The van der Waals surface area contributed by atoms with Gasteiger partial charge in [0.25, 0.3) is 0 Å². The summed E-state index contributed by atoms with van der Waals surface area (Å²) >= 11 is 5.78. The lowest BCUT2D eigenvalue weighted by atomic mass is 10.2. The lowest BCUT2D eigenvalue weighted by Crippen LogP contribution is -2.01. The second-order valence-corrected chi connectivity index (χ2v) is 6.54. The van der Waals surface area contributed by atoms with Gasteiger partial charge in [-0.1, -0.05) is 23.7 Å². The molecule has 100 valence electrons. The quantitative estimate of drug-likeness (QED) is 0.881. The number of aromatic nitrogens is 1. The molecule has 0 aliphatic heterocycles. The fourth-order valence-corrected chi connectivity index (χ4v) is 2.38. The lowest BCUT2D eigenvalue weighted by molar-refractivity contribution is 0.602. The largest absolute Gasteiger partial charge is 0.381 e. The summed E-state index contributed by atoms with van der Waals surface area (Å²) in [7, 11) is -3.14. The van der Waals surface area contributed by atoms with Gasteiger partial charge >= 0.3 is 0 Å². The third-order valence-electron chi connectivity index (χ3n) is 2.57. The summed E-state index contributed by atoms with van der Waals surface area (Å²) in [4.78, 5) is 4.21. The Balaban J connectivity index is 2.05. The number of hydrogen-bond acceptors (Lipinski definition) is 4. The van der Waals surface area contributed by atoms with Crippen LogP contribution in [0.1, 0.15) is 5.56 Å². The van der Waals surface area contributed by atoms with Gasteiger partial charge in [0, 0.05) is 24.7 Å². The SMILES string of the molecule is CS(=O)(=O)c1ccc(CNc2ccnc(Cl)c2)cc1. The molecule has 19 heavy (non-hydrogen) atoms. The molecule has 0 saturated carbocycles. The zero-order chi connectivity index (χ0) is 13.9.